The minimum atomic E-state index is -0.438. The van der Waals surface area contributed by atoms with E-state index in [1.54, 1.807) is 0 Å². The molecule has 4 fully saturated rings. The number of ether oxygens (including phenoxy) is 2. The van der Waals surface area contributed by atoms with Crippen LogP contribution in [0.2, 0.25) is 0 Å². The highest BCUT2D eigenvalue weighted by Crippen LogP contribution is 2.66. The van der Waals surface area contributed by atoms with Gasteiger partial charge >= 0.3 is 11.9 Å². The second-order valence-corrected chi connectivity index (χ2v) is 20.5. The number of nitrogens with zero attached hydrogens (tertiary/aromatic N) is 2. The van der Waals surface area contributed by atoms with E-state index in [4.69, 9.17) is 9.47 Å². The lowest BCUT2D eigenvalue weighted by Crippen LogP contribution is -2.48. The first-order valence-corrected chi connectivity index (χ1v) is 24.2. The van der Waals surface area contributed by atoms with Crippen molar-refractivity contribution >= 4 is 35.3 Å². The van der Waals surface area contributed by atoms with Crippen LogP contribution in [0.5, 0.6) is 0 Å². The van der Waals surface area contributed by atoms with Crippen LogP contribution < -0.4 is 0 Å². The number of methoxy groups -OCH3 is 2. The van der Waals surface area contributed by atoms with E-state index in [0.717, 1.165) is 89.9 Å². The summed E-state index contributed by atoms with van der Waals surface area (Å²) < 4.78 is 9.99. The quantitative estimate of drug-likeness (QED) is 0.0853. The van der Waals surface area contributed by atoms with Gasteiger partial charge in [-0.25, -0.2) is 0 Å². The van der Waals surface area contributed by atoms with Crippen LogP contribution >= 0.6 is 0 Å². The zero-order valence-corrected chi connectivity index (χ0v) is 39.8. The zero-order valence-electron chi connectivity index (χ0n) is 39.8. The van der Waals surface area contributed by atoms with Gasteiger partial charge in [0, 0.05) is 37.8 Å². The molecule has 0 aromatic carbocycles. The lowest BCUT2D eigenvalue weighted by molar-refractivity contribution is -0.149. The van der Waals surface area contributed by atoms with E-state index in [0.29, 0.717) is 37.8 Å². The van der Waals surface area contributed by atoms with E-state index in [1.165, 1.54) is 14.2 Å². The zero-order chi connectivity index (χ0) is 45.8. The van der Waals surface area contributed by atoms with Crippen molar-refractivity contribution in [2.24, 2.45) is 58.2 Å². The van der Waals surface area contributed by atoms with E-state index in [2.05, 4.69) is 53.0 Å². The predicted molar refractivity (Wildman–Crippen MR) is 245 cm³/mol. The number of hydrogen-bond donors (Lipinski definition) is 0. The van der Waals surface area contributed by atoms with Crippen LogP contribution in [0.3, 0.4) is 0 Å². The van der Waals surface area contributed by atoms with E-state index in [9.17, 15) is 28.8 Å². The molecule has 5 aliphatic rings. The molecule has 0 N–H and O–H groups in total. The third kappa shape index (κ3) is 12.6. The van der Waals surface area contributed by atoms with Crippen molar-refractivity contribution < 1.29 is 38.2 Å². The highest BCUT2D eigenvalue weighted by molar-refractivity contribution is 5.94. The van der Waals surface area contributed by atoms with Crippen molar-refractivity contribution in [3.8, 4) is 0 Å². The Hall–Kier alpha value is -3.56. The van der Waals surface area contributed by atoms with Crippen molar-refractivity contribution in [3.05, 3.63) is 37.5 Å². The first-order valence-electron chi connectivity index (χ1n) is 24.2. The Morgan fingerprint density at radius 2 is 1.39 bits per heavy atom. The molecule has 0 bridgehead atoms. The Bertz CT molecular complexity index is 1610. The molecule has 0 radical (unpaired) electrons. The van der Waals surface area contributed by atoms with Crippen molar-refractivity contribution in [1.29, 1.82) is 0 Å². The summed E-state index contributed by atoms with van der Waals surface area (Å²) in [5.41, 5.74) is 0.181. The summed E-state index contributed by atoms with van der Waals surface area (Å²) in [6.45, 7) is 21.6. The summed E-state index contributed by atoms with van der Waals surface area (Å²) in [4.78, 5) is 81.9. The Balaban J connectivity index is 0.000000273. The SMILES string of the molecule is C=CCCCC[C@H](CC(=O)[C@@H]1[C@@H]2[C@H](CN1C(=O)[C@@H](C)CCCCC=C)C2(C)C)C(=O)OC.COC(=O)[C@@H]1CCCCC=CCCCC[C@H](C)C(=O)N2C[C@H]3[C@@H]([C@H]2C(=O)C1)C3(C)C. The number of carbonyl (C=O) groups is 6. The molecule has 0 aromatic rings. The van der Waals surface area contributed by atoms with Crippen molar-refractivity contribution in [2.45, 2.75) is 169 Å². The molecule has 0 unspecified atom stereocenters. The average Bonchev–Trinajstić information content (AvgIpc) is 3.70. The number of esters is 2. The Morgan fingerprint density at radius 3 is 1.98 bits per heavy atom. The van der Waals surface area contributed by atoms with Gasteiger partial charge in [0.05, 0.1) is 38.1 Å². The van der Waals surface area contributed by atoms with Gasteiger partial charge in [-0.3, -0.25) is 28.8 Å². The fraction of sp³-hybridized carbons (Fsp3) is 0.769. The third-order valence-corrected chi connectivity index (χ3v) is 15.6. The Kier molecular flexibility index (Phi) is 19.3. The predicted octanol–water partition coefficient (Wildman–Crippen LogP) is 9.89. The normalized spacial score (nSPS) is 29.9. The van der Waals surface area contributed by atoms with Crippen LogP contribution in [-0.4, -0.2) is 84.5 Å². The van der Waals surface area contributed by atoms with E-state index < -0.39 is 17.9 Å². The van der Waals surface area contributed by atoms with Crippen LogP contribution in [0.4, 0.5) is 0 Å². The molecule has 2 saturated heterocycles. The van der Waals surface area contributed by atoms with Crippen LogP contribution in [0.25, 0.3) is 0 Å². The maximum atomic E-state index is 13.5. The van der Waals surface area contributed by atoms with Crippen molar-refractivity contribution in [2.75, 3.05) is 27.3 Å². The number of rotatable bonds is 16. The van der Waals surface area contributed by atoms with Crippen molar-refractivity contribution in [1.82, 2.24) is 9.80 Å². The molecule has 3 aliphatic heterocycles. The third-order valence-electron chi connectivity index (χ3n) is 15.6. The van der Waals surface area contributed by atoms with E-state index in [-0.39, 0.29) is 88.7 Å². The van der Waals surface area contributed by atoms with Gasteiger partial charge in [-0.2, -0.15) is 0 Å². The topological polar surface area (TPSA) is 127 Å². The van der Waals surface area contributed by atoms with Gasteiger partial charge in [0.2, 0.25) is 11.8 Å². The molecule has 3 heterocycles. The number of ketones is 2. The Morgan fingerprint density at radius 1 is 0.806 bits per heavy atom. The molecule has 348 valence electrons. The summed E-state index contributed by atoms with van der Waals surface area (Å²) in [6.07, 6.45) is 23.4. The smallest absolute Gasteiger partial charge is 0.309 e. The second kappa shape index (κ2) is 23.4. The largest absolute Gasteiger partial charge is 0.469 e. The van der Waals surface area contributed by atoms with E-state index >= 15 is 0 Å². The Labute approximate surface area is 374 Å². The number of allylic oxidation sites excluding steroid dienone is 4. The first-order chi connectivity index (χ1) is 29.5. The highest BCUT2D eigenvalue weighted by atomic mass is 16.5. The number of unbranched alkanes of at least 4 members (excludes halogenated alkanes) is 4. The molecule has 0 aromatic heterocycles. The van der Waals surface area contributed by atoms with Gasteiger partial charge in [0.1, 0.15) is 0 Å². The van der Waals surface area contributed by atoms with Crippen LogP contribution in [0.15, 0.2) is 37.5 Å². The average molecular weight is 863 g/mol. The number of Topliss-reactive ketones (excluding diaryl/α,β-unsaturated/α-hetero) is 2. The van der Waals surface area contributed by atoms with Gasteiger partial charge in [-0.05, 0) is 112 Å². The molecule has 10 atom stereocenters. The van der Waals surface area contributed by atoms with Gasteiger partial charge in [0.25, 0.3) is 0 Å². The molecular weight excluding hydrogens is 781 g/mol. The van der Waals surface area contributed by atoms with Crippen LogP contribution in [0, 0.1) is 58.2 Å². The minimum Gasteiger partial charge on any atom is -0.469 e. The molecule has 10 heteroatoms. The summed E-state index contributed by atoms with van der Waals surface area (Å²) in [5, 5.41) is 0. The molecule has 2 aliphatic carbocycles. The lowest BCUT2D eigenvalue weighted by Gasteiger charge is -2.32. The fourth-order valence-corrected chi connectivity index (χ4v) is 11.3. The number of piperidine rings is 2. The van der Waals surface area contributed by atoms with Crippen molar-refractivity contribution in [3.63, 3.8) is 0 Å². The molecular formula is C52H82N2O8. The summed E-state index contributed by atoms with van der Waals surface area (Å²) in [6, 6.07) is -0.775. The fourth-order valence-electron chi connectivity index (χ4n) is 11.3. The summed E-state index contributed by atoms with van der Waals surface area (Å²) in [7, 11) is 2.77. The lowest BCUT2D eigenvalue weighted by atomic mass is 9.89. The standard InChI is InChI=1S/C27H43NO4.C25H39NO4/c1-7-9-11-13-15-19(3)25(30)28-18-21-23(27(21,4)5)24(28)22(29)17-20(26(31)32-6)16-14-12-10-8-2;1-17-13-11-9-7-5-6-8-10-12-14-18(24(29)30-4)15-20(27)22-21-19(25(21,2)3)16-26(22)23(17)28/h7-8,19-21,23-24H,1-2,9-18H2,3-6H3;5-6,17-19,21-22H,7-16H2,1-4H3/t19-,20+,21-,23-,24+;17-,18+,19-,21-,22+/m00/s1. The maximum Gasteiger partial charge on any atom is 0.309 e. The number of amides is 2. The second-order valence-electron chi connectivity index (χ2n) is 20.5. The minimum absolute atomic E-state index is 0.0226. The number of carbonyl (C=O) groups excluding carboxylic acids is 6. The molecule has 2 amide bonds. The number of fused-ring (bicyclic) bond motifs is 4. The van der Waals surface area contributed by atoms with Crippen LogP contribution in [-0.2, 0) is 38.2 Å². The maximum absolute atomic E-state index is 13.5. The highest BCUT2D eigenvalue weighted by Gasteiger charge is 2.70. The van der Waals surface area contributed by atoms with Gasteiger partial charge < -0.3 is 19.3 Å². The number of hydrogen-bond acceptors (Lipinski definition) is 8. The van der Waals surface area contributed by atoms with Gasteiger partial charge in [0.15, 0.2) is 11.6 Å². The summed E-state index contributed by atoms with van der Waals surface area (Å²) >= 11 is 0. The monoisotopic (exact) mass is 863 g/mol. The molecule has 0 spiro atoms. The molecule has 62 heavy (non-hydrogen) atoms. The first kappa shape index (κ1) is 51.1. The van der Waals surface area contributed by atoms with E-state index in [1.807, 2.05) is 35.8 Å². The molecule has 2 saturated carbocycles. The molecule has 5 rings (SSSR count). The number of likely N-dealkylation sites (tertiary alicyclic amines) is 1. The van der Waals surface area contributed by atoms with Crippen LogP contribution in [0.1, 0.15) is 157 Å². The summed E-state index contributed by atoms with van der Waals surface area (Å²) in [5.74, 6) is -0.141. The van der Waals surface area contributed by atoms with Gasteiger partial charge in [-0.1, -0.05) is 91.5 Å². The molecule has 10 nitrogen and oxygen atoms in total. The van der Waals surface area contributed by atoms with Gasteiger partial charge in [-0.15, -0.1) is 13.2 Å².